The number of carbonyl (C=O) groups is 1. The van der Waals surface area contributed by atoms with Crippen LogP contribution in [0.4, 0.5) is 0 Å². The number of nitriles is 1. The monoisotopic (exact) mass is 355 g/mol. The van der Waals surface area contributed by atoms with Crippen LogP contribution in [0, 0.1) is 11.3 Å². The summed E-state index contributed by atoms with van der Waals surface area (Å²) in [7, 11) is 0. The molecule has 1 amide bonds. The molecule has 1 heterocycles. The molecule has 1 unspecified atom stereocenters. The Morgan fingerprint density at radius 1 is 1.35 bits per heavy atom. The summed E-state index contributed by atoms with van der Waals surface area (Å²) in [5, 5.41) is 18.5. The molecule has 0 bridgehead atoms. The van der Waals surface area contributed by atoms with Crippen LogP contribution in [0.5, 0.6) is 0 Å². The first-order valence-corrected chi connectivity index (χ1v) is 9.30. The van der Waals surface area contributed by atoms with Gasteiger partial charge in [-0.05, 0) is 24.5 Å². The molecule has 1 aromatic rings. The van der Waals surface area contributed by atoms with E-state index < -0.39 is 0 Å². The molecule has 1 atom stereocenters. The largest absolute Gasteiger partial charge is 0.388 e. The summed E-state index contributed by atoms with van der Waals surface area (Å²) in [4.78, 5) is 14.7. The van der Waals surface area contributed by atoms with Crippen LogP contribution >= 0.6 is 0 Å². The highest BCUT2D eigenvalue weighted by molar-refractivity contribution is 5.97. The Bertz CT molecular complexity index is 641. The van der Waals surface area contributed by atoms with Gasteiger partial charge < -0.3 is 16.0 Å². The second-order valence-corrected chi connectivity index (χ2v) is 6.51. The summed E-state index contributed by atoms with van der Waals surface area (Å²) >= 11 is 0. The number of hydrogen-bond donors (Lipinski definition) is 3. The molecule has 0 spiro atoms. The second kappa shape index (κ2) is 10.6. The summed E-state index contributed by atoms with van der Waals surface area (Å²) in [6, 6.07) is 10.0. The maximum absolute atomic E-state index is 12.3. The molecule has 0 aromatic heterocycles. The zero-order valence-electron chi connectivity index (χ0n) is 15.7. The molecule has 26 heavy (non-hydrogen) atoms. The van der Waals surface area contributed by atoms with Gasteiger partial charge in [-0.25, -0.2) is 0 Å². The lowest BCUT2D eigenvalue weighted by atomic mass is 10.0. The third-order valence-corrected chi connectivity index (χ3v) is 4.63. The van der Waals surface area contributed by atoms with E-state index in [0.717, 1.165) is 44.7 Å². The van der Waals surface area contributed by atoms with E-state index in [2.05, 4.69) is 39.9 Å². The fourth-order valence-electron chi connectivity index (χ4n) is 2.88. The highest BCUT2D eigenvalue weighted by Gasteiger charge is 2.14. The molecule has 1 saturated heterocycles. The molecule has 1 fully saturated rings. The fraction of sp³-hybridized carbons (Fsp3) is 0.500. The van der Waals surface area contributed by atoms with Crippen molar-refractivity contribution in [3.63, 3.8) is 0 Å². The molecule has 0 saturated carbocycles. The minimum Gasteiger partial charge on any atom is -0.388 e. The molecule has 1 aromatic carbocycles. The second-order valence-electron chi connectivity index (χ2n) is 6.51. The van der Waals surface area contributed by atoms with Crippen molar-refractivity contribution in [3.8, 4) is 6.07 Å². The number of amides is 1. The van der Waals surface area contributed by atoms with Crippen molar-refractivity contribution in [3.05, 3.63) is 47.2 Å². The van der Waals surface area contributed by atoms with Gasteiger partial charge in [-0.2, -0.15) is 5.26 Å². The number of aryl methyl sites for hydroxylation is 1. The Balaban J connectivity index is 1.81. The molecular formula is C20H29N5O. The van der Waals surface area contributed by atoms with Crippen molar-refractivity contribution >= 4 is 5.91 Å². The number of nitrogens with one attached hydrogen (secondary N) is 3. The summed E-state index contributed by atoms with van der Waals surface area (Å²) in [6.45, 7) is 9.74. The third-order valence-electron chi connectivity index (χ3n) is 4.63. The van der Waals surface area contributed by atoms with Crippen molar-refractivity contribution in [1.29, 1.82) is 5.26 Å². The van der Waals surface area contributed by atoms with Gasteiger partial charge in [0, 0.05) is 45.5 Å². The number of nitrogens with zero attached hydrogens (tertiary/aromatic N) is 2. The standard InChI is InChI=1S/C20H29N5O/c1-3-17-4-6-18(7-5-17)16(2)24-20(26)19(14-21)15-23-10-13-25-11-8-22-9-12-25/h4-7,15-16,22-23H,3,8-13H2,1-2H3,(H,24,26)/b19-15-. The number of benzene rings is 1. The lowest BCUT2D eigenvalue weighted by molar-refractivity contribution is -0.117. The maximum Gasteiger partial charge on any atom is 0.263 e. The van der Waals surface area contributed by atoms with E-state index in [0.29, 0.717) is 6.54 Å². The Kier molecular flexibility index (Phi) is 8.13. The lowest BCUT2D eigenvalue weighted by Gasteiger charge is -2.26. The van der Waals surface area contributed by atoms with Gasteiger partial charge in [0.1, 0.15) is 11.6 Å². The molecule has 1 aliphatic heterocycles. The van der Waals surface area contributed by atoms with Crippen molar-refractivity contribution < 1.29 is 4.79 Å². The van der Waals surface area contributed by atoms with Crippen LogP contribution in [0.2, 0.25) is 0 Å². The van der Waals surface area contributed by atoms with Crippen LogP contribution in [0.1, 0.15) is 31.0 Å². The maximum atomic E-state index is 12.3. The van der Waals surface area contributed by atoms with Gasteiger partial charge in [0.15, 0.2) is 0 Å². The predicted molar refractivity (Wildman–Crippen MR) is 103 cm³/mol. The van der Waals surface area contributed by atoms with E-state index in [1.807, 2.05) is 25.1 Å². The van der Waals surface area contributed by atoms with Crippen LogP contribution < -0.4 is 16.0 Å². The van der Waals surface area contributed by atoms with Crippen molar-refractivity contribution in [1.82, 2.24) is 20.9 Å². The molecule has 0 radical (unpaired) electrons. The van der Waals surface area contributed by atoms with Crippen LogP contribution in [0.25, 0.3) is 0 Å². The minimum absolute atomic E-state index is 0.0994. The average molecular weight is 355 g/mol. The van der Waals surface area contributed by atoms with E-state index in [-0.39, 0.29) is 17.5 Å². The summed E-state index contributed by atoms with van der Waals surface area (Å²) in [5.41, 5.74) is 2.39. The quantitative estimate of drug-likeness (QED) is 0.372. The molecule has 6 nitrogen and oxygen atoms in total. The van der Waals surface area contributed by atoms with Crippen molar-refractivity contribution in [2.75, 3.05) is 39.3 Å². The minimum atomic E-state index is -0.353. The van der Waals surface area contributed by atoms with Gasteiger partial charge >= 0.3 is 0 Å². The summed E-state index contributed by atoms with van der Waals surface area (Å²) < 4.78 is 0. The Hall–Kier alpha value is -2.36. The molecule has 6 heteroatoms. The van der Waals surface area contributed by atoms with Gasteiger partial charge in [-0.3, -0.25) is 9.69 Å². The number of carbonyl (C=O) groups excluding carboxylic acids is 1. The Labute approximate surface area is 156 Å². The molecule has 140 valence electrons. The number of rotatable bonds is 8. The van der Waals surface area contributed by atoms with Gasteiger partial charge in [0.2, 0.25) is 0 Å². The molecule has 1 aliphatic rings. The first-order chi connectivity index (χ1) is 12.6. The first-order valence-electron chi connectivity index (χ1n) is 9.30. The smallest absolute Gasteiger partial charge is 0.263 e. The molecular weight excluding hydrogens is 326 g/mol. The van der Waals surface area contributed by atoms with Crippen LogP contribution in [-0.4, -0.2) is 50.1 Å². The van der Waals surface area contributed by atoms with Gasteiger partial charge in [-0.1, -0.05) is 31.2 Å². The van der Waals surface area contributed by atoms with Crippen molar-refractivity contribution in [2.24, 2.45) is 0 Å². The van der Waals surface area contributed by atoms with Crippen LogP contribution in [0.15, 0.2) is 36.0 Å². The summed E-state index contributed by atoms with van der Waals surface area (Å²) in [5.74, 6) is -0.353. The van der Waals surface area contributed by atoms with E-state index in [1.54, 1.807) is 0 Å². The number of piperazine rings is 1. The van der Waals surface area contributed by atoms with E-state index in [9.17, 15) is 10.1 Å². The summed E-state index contributed by atoms with van der Waals surface area (Å²) in [6.07, 6.45) is 2.51. The zero-order chi connectivity index (χ0) is 18.8. The van der Waals surface area contributed by atoms with Crippen LogP contribution in [0.3, 0.4) is 0 Å². The topological polar surface area (TPSA) is 80.2 Å². The number of hydrogen-bond acceptors (Lipinski definition) is 5. The predicted octanol–water partition coefficient (Wildman–Crippen LogP) is 1.33. The lowest BCUT2D eigenvalue weighted by Crippen LogP contribution is -2.45. The fourth-order valence-corrected chi connectivity index (χ4v) is 2.88. The van der Waals surface area contributed by atoms with Gasteiger partial charge in [0.05, 0.1) is 6.04 Å². The van der Waals surface area contributed by atoms with Gasteiger partial charge in [0.25, 0.3) is 5.91 Å². The third kappa shape index (κ3) is 6.17. The highest BCUT2D eigenvalue weighted by Crippen LogP contribution is 2.14. The van der Waals surface area contributed by atoms with E-state index in [1.165, 1.54) is 11.8 Å². The van der Waals surface area contributed by atoms with E-state index >= 15 is 0 Å². The van der Waals surface area contributed by atoms with Crippen LogP contribution in [-0.2, 0) is 11.2 Å². The molecule has 0 aliphatic carbocycles. The Morgan fingerprint density at radius 3 is 2.65 bits per heavy atom. The highest BCUT2D eigenvalue weighted by atomic mass is 16.1. The van der Waals surface area contributed by atoms with E-state index in [4.69, 9.17) is 0 Å². The van der Waals surface area contributed by atoms with Gasteiger partial charge in [-0.15, -0.1) is 0 Å². The normalized spacial score (nSPS) is 16.6. The molecule has 2 rings (SSSR count). The molecule has 3 N–H and O–H groups in total. The SMILES string of the molecule is CCc1ccc(C(C)NC(=O)/C(C#N)=C\NCCN2CCNCC2)cc1. The Morgan fingerprint density at radius 2 is 2.04 bits per heavy atom. The average Bonchev–Trinajstić information content (AvgIpc) is 2.68. The zero-order valence-corrected chi connectivity index (χ0v) is 15.7. The first kappa shape index (κ1) is 20.0. The van der Waals surface area contributed by atoms with Crippen molar-refractivity contribution in [2.45, 2.75) is 26.3 Å².